The monoisotopic (exact) mass is 1400 g/mol. The van der Waals surface area contributed by atoms with Gasteiger partial charge in [-0.3, -0.25) is 29.0 Å². The van der Waals surface area contributed by atoms with Crippen LogP contribution in [0.3, 0.4) is 0 Å². The topological polar surface area (TPSA) is 289 Å². The number of aromatic nitrogens is 6. The quantitative estimate of drug-likeness (QED) is 0.0333. The molecule has 4 aliphatic heterocycles. The maximum Gasteiger partial charge on any atom is 0.328 e. The molecule has 6 heterocycles. The van der Waals surface area contributed by atoms with Gasteiger partial charge in [0.15, 0.2) is 11.6 Å². The highest BCUT2D eigenvalue weighted by Gasteiger charge is 2.52. The summed E-state index contributed by atoms with van der Waals surface area (Å²) in [6.45, 7) is 35.3. The molecule has 0 unspecified atom stereocenters. The highest BCUT2D eigenvalue weighted by atomic mass is 19.1. The van der Waals surface area contributed by atoms with E-state index in [1.54, 1.807) is 23.9 Å². The molecule has 0 saturated carbocycles. The van der Waals surface area contributed by atoms with Gasteiger partial charge in [0.2, 0.25) is 11.8 Å². The number of aliphatic carboxylic acids is 2. The molecular weight excluding hydrogens is 1290 g/mol. The van der Waals surface area contributed by atoms with Crippen LogP contribution in [0.4, 0.5) is 20.4 Å². The van der Waals surface area contributed by atoms with E-state index in [1.165, 1.54) is 49.1 Å². The Morgan fingerprint density at radius 1 is 0.580 bits per heavy atom. The largest absolute Gasteiger partial charge is 0.478 e. The Kier molecular flexibility index (Phi) is 30.4. The Morgan fingerprint density at radius 3 is 1.25 bits per heavy atom. The molecule has 28 heteroatoms. The summed E-state index contributed by atoms with van der Waals surface area (Å²) in [5, 5.41) is 37.5. The third-order valence-electron chi connectivity index (χ3n) is 19.9. The summed E-state index contributed by atoms with van der Waals surface area (Å²) < 4.78 is 41.0. The lowest BCUT2D eigenvalue weighted by atomic mass is 9.76. The summed E-state index contributed by atoms with van der Waals surface area (Å²) in [7, 11) is 7.57. The standard InChI is InChI=1S/2C34H53FN8O3.C4H4O4/c2*1-9-43(24(4)5)33(45)27-18-26(35)12-13-29(27)46-32-31(37-22-38-39-32)41-16-14-34(19-41)20-42(21-34)28(23(2)3)11-10-15-40(8)25(6)17-30(44)36-7;5-3(6)1-2-4(7)8/h2*12-13,18,22-25,28H,9-11,14-17,19-21H2,1-8H3,(H,36,44);1-2H,(H,5,6)(H,7,8)/b;;2-1+/t2*25-,28-;/m11./s1. The molecule has 2 aromatic heterocycles. The Labute approximate surface area is 589 Å². The Balaban J connectivity index is 0.000000284. The summed E-state index contributed by atoms with van der Waals surface area (Å²) in [6.07, 6.45) is 11.5. The van der Waals surface area contributed by atoms with Gasteiger partial charge in [-0.05, 0) is 169 Å². The summed E-state index contributed by atoms with van der Waals surface area (Å²) in [5.74, 6) is -0.859. The SMILES string of the molecule is CCN(C(=O)c1cc(F)ccc1Oc1nncnc1N1CCC2(C1)CN([C@H](CCCN(C)[C@H](C)CC(=O)NC)C(C)C)C2)C(C)C.CCN(C(=O)c1cc(F)ccc1Oc1nncnc1N1CCC2(C1)CN([C@H](CCCN(C)[C@H](C)CC(=O)NC)C(C)C)C2)C(C)C.O=C(O)/C=C/C(=O)O. The summed E-state index contributed by atoms with van der Waals surface area (Å²) in [6, 6.07) is 9.26. The van der Waals surface area contributed by atoms with Crippen LogP contribution in [-0.2, 0) is 19.2 Å². The summed E-state index contributed by atoms with van der Waals surface area (Å²) in [5.41, 5.74) is 0.631. The van der Waals surface area contributed by atoms with Crippen molar-refractivity contribution in [2.45, 2.75) is 171 Å². The highest BCUT2D eigenvalue weighted by Crippen LogP contribution is 2.47. The fourth-order valence-corrected chi connectivity index (χ4v) is 14.1. The number of carbonyl (C=O) groups is 6. The van der Waals surface area contributed by atoms with Crippen LogP contribution in [-0.4, -0.2) is 249 Å². The van der Waals surface area contributed by atoms with Gasteiger partial charge in [-0.25, -0.2) is 28.3 Å². The molecule has 100 heavy (non-hydrogen) atoms. The number of benzene rings is 2. The molecule has 4 atom stereocenters. The number of anilines is 2. The second-order valence-corrected chi connectivity index (χ2v) is 28.5. The minimum Gasteiger partial charge on any atom is -0.478 e. The number of hydrogen-bond acceptors (Lipinski definition) is 20. The third-order valence-corrected chi connectivity index (χ3v) is 19.9. The van der Waals surface area contributed by atoms with Gasteiger partial charge in [0.05, 0.1) is 11.1 Å². The van der Waals surface area contributed by atoms with Crippen LogP contribution >= 0.6 is 0 Å². The van der Waals surface area contributed by atoms with E-state index in [4.69, 9.17) is 19.7 Å². The zero-order valence-corrected chi connectivity index (χ0v) is 61.7. The van der Waals surface area contributed by atoms with Crippen LogP contribution in [0.5, 0.6) is 23.3 Å². The normalized spacial score (nSPS) is 16.8. The molecule has 26 nitrogen and oxygen atoms in total. The molecule has 0 aliphatic carbocycles. The van der Waals surface area contributed by atoms with Crippen molar-refractivity contribution in [2.75, 3.05) is 117 Å². The van der Waals surface area contributed by atoms with Crippen LogP contribution in [0.25, 0.3) is 0 Å². The zero-order valence-electron chi connectivity index (χ0n) is 61.7. The molecule has 4 fully saturated rings. The van der Waals surface area contributed by atoms with E-state index < -0.39 is 23.6 Å². The average Bonchev–Trinajstić information content (AvgIpc) is 1.57. The minimum atomic E-state index is -1.26. The van der Waals surface area contributed by atoms with Crippen molar-refractivity contribution < 1.29 is 57.2 Å². The highest BCUT2D eigenvalue weighted by molar-refractivity contribution is 5.98. The molecule has 2 aromatic carbocycles. The molecular formula is C72H110F2N16O10. The molecule has 0 radical (unpaired) electrons. The molecule has 552 valence electrons. The first-order chi connectivity index (χ1) is 47.4. The average molecular weight is 1400 g/mol. The lowest BCUT2D eigenvalue weighted by Gasteiger charge is -2.53. The van der Waals surface area contributed by atoms with Crippen LogP contribution in [0.2, 0.25) is 0 Å². The second-order valence-electron chi connectivity index (χ2n) is 28.5. The van der Waals surface area contributed by atoms with Crippen molar-refractivity contribution in [3.8, 4) is 23.3 Å². The number of ether oxygens (including phenoxy) is 2. The molecule has 4 saturated heterocycles. The number of likely N-dealkylation sites (tertiary alicyclic amines) is 2. The van der Waals surface area contributed by atoms with E-state index in [9.17, 15) is 37.5 Å². The van der Waals surface area contributed by atoms with Gasteiger partial charge in [-0.15, -0.1) is 20.4 Å². The maximum atomic E-state index is 14.3. The van der Waals surface area contributed by atoms with Crippen LogP contribution in [0.15, 0.2) is 61.2 Å². The van der Waals surface area contributed by atoms with Crippen LogP contribution in [0, 0.1) is 34.3 Å². The number of nitrogens with zero attached hydrogens (tertiary/aromatic N) is 14. The fourth-order valence-electron chi connectivity index (χ4n) is 14.1. The Hall–Kier alpha value is -8.08. The van der Waals surface area contributed by atoms with E-state index in [0.29, 0.717) is 73.6 Å². The van der Waals surface area contributed by atoms with Gasteiger partial charge in [-0.2, -0.15) is 0 Å². The summed E-state index contributed by atoms with van der Waals surface area (Å²) >= 11 is 0. The molecule has 2 spiro atoms. The first kappa shape index (κ1) is 80.9. The van der Waals surface area contributed by atoms with Crippen molar-refractivity contribution in [1.82, 2.24) is 70.4 Å². The first-order valence-corrected chi connectivity index (χ1v) is 35.2. The number of halogens is 2. The van der Waals surface area contributed by atoms with Gasteiger partial charge < -0.3 is 59.7 Å². The van der Waals surface area contributed by atoms with E-state index in [2.05, 4.69) is 126 Å². The smallest absolute Gasteiger partial charge is 0.328 e. The van der Waals surface area contributed by atoms with Crippen LogP contribution in [0.1, 0.15) is 155 Å². The molecule has 4 aliphatic rings. The van der Waals surface area contributed by atoms with Gasteiger partial charge in [0.1, 0.15) is 35.8 Å². The number of hydrogen-bond donors (Lipinski definition) is 4. The Morgan fingerprint density at radius 2 is 0.940 bits per heavy atom. The molecule has 8 rings (SSSR count). The number of amides is 4. The van der Waals surface area contributed by atoms with Crippen molar-refractivity contribution in [2.24, 2.45) is 22.7 Å². The minimum absolute atomic E-state index is 0.0502. The van der Waals surface area contributed by atoms with Crippen molar-refractivity contribution in [3.05, 3.63) is 84.0 Å². The zero-order chi connectivity index (χ0) is 73.8. The van der Waals surface area contributed by atoms with Crippen LogP contribution < -0.4 is 29.9 Å². The number of rotatable bonds is 32. The van der Waals surface area contributed by atoms with E-state index in [1.807, 2.05) is 41.5 Å². The number of carboxylic acids is 2. The predicted molar refractivity (Wildman–Crippen MR) is 380 cm³/mol. The van der Waals surface area contributed by atoms with E-state index in [-0.39, 0.29) is 93.0 Å². The predicted octanol–water partition coefficient (Wildman–Crippen LogP) is 8.61. The molecule has 4 amide bonds. The van der Waals surface area contributed by atoms with Gasteiger partial charge >= 0.3 is 11.9 Å². The van der Waals surface area contributed by atoms with Gasteiger partial charge in [0, 0.05) is 152 Å². The lowest BCUT2D eigenvalue weighted by molar-refractivity contribution is -0.134. The maximum absolute atomic E-state index is 14.3. The first-order valence-electron chi connectivity index (χ1n) is 35.2. The second kappa shape index (κ2) is 37.6. The number of nitrogens with one attached hydrogen (secondary N) is 2. The third kappa shape index (κ3) is 22.2. The van der Waals surface area contributed by atoms with E-state index >= 15 is 0 Å². The van der Waals surface area contributed by atoms with Crippen molar-refractivity contribution in [3.63, 3.8) is 0 Å². The lowest BCUT2D eigenvalue weighted by Crippen LogP contribution is -2.62. The number of carbonyl (C=O) groups excluding carboxylic acids is 4. The number of carboxylic acid groups (broad SMARTS) is 2. The Bertz CT molecular complexity index is 3170. The summed E-state index contributed by atoms with van der Waals surface area (Å²) in [4.78, 5) is 96.0. The van der Waals surface area contributed by atoms with Crippen molar-refractivity contribution >= 4 is 47.2 Å². The van der Waals surface area contributed by atoms with Gasteiger partial charge in [-0.1, -0.05) is 27.7 Å². The fraction of sp³-hybridized carbons (Fsp3) is 0.639. The van der Waals surface area contributed by atoms with E-state index in [0.717, 1.165) is 104 Å². The molecule has 4 N–H and O–H groups in total. The molecule has 4 aromatic rings. The van der Waals surface area contributed by atoms with Crippen molar-refractivity contribution in [1.29, 1.82) is 0 Å². The molecule has 0 bridgehead atoms. The van der Waals surface area contributed by atoms with Gasteiger partial charge in [0.25, 0.3) is 23.6 Å².